The lowest BCUT2D eigenvalue weighted by Crippen LogP contribution is -2.52. The molecule has 3 fully saturated rings. The van der Waals surface area contributed by atoms with Gasteiger partial charge in [-0.1, -0.05) is 33.3 Å². The quantitative estimate of drug-likeness (QED) is 0.617. The fourth-order valence-electron chi connectivity index (χ4n) is 7.30. The van der Waals surface area contributed by atoms with Crippen LogP contribution < -0.4 is 0 Å². The largest absolute Gasteiger partial charge is 0.458 e. The van der Waals surface area contributed by atoms with Gasteiger partial charge >= 0.3 is 11.9 Å². The van der Waals surface area contributed by atoms with Crippen molar-refractivity contribution in [3.8, 4) is 0 Å². The number of esters is 2. The minimum absolute atomic E-state index is 0.103. The van der Waals surface area contributed by atoms with Crippen LogP contribution in [0.5, 0.6) is 0 Å². The average Bonchev–Trinajstić information content (AvgIpc) is 2.99. The molecule has 166 valence electrons. The molecule has 0 unspecified atom stereocenters. The van der Waals surface area contributed by atoms with Gasteiger partial charge in [-0.05, 0) is 67.8 Å². The number of carbonyl (C=O) groups is 3. The molecule has 0 spiro atoms. The molecule has 0 amide bonds. The summed E-state index contributed by atoms with van der Waals surface area (Å²) >= 11 is 0. The minimum atomic E-state index is -0.357. The first-order chi connectivity index (χ1) is 14.2. The SMILES string of the molecule is CCC(=O)O[C@H]1C[C@H]2[C@@H]3CCC4=CC(=O)CC[C@]4(C)[C@H]3CC[C@]2(C)[C@@H]1OC(=O)CC. The molecule has 4 aliphatic carbocycles. The molecule has 0 saturated heterocycles. The van der Waals surface area contributed by atoms with E-state index in [-0.39, 0.29) is 40.8 Å². The van der Waals surface area contributed by atoms with E-state index in [4.69, 9.17) is 9.47 Å². The summed E-state index contributed by atoms with van der Waals surface area (Å²) in [6.07, 6.45) is 8.37. The molecule has 30 heavy (non-hydrogen) atoms. The maximum atomic E-state index is 12.2. The van der Waals surface area contributed by atoms with Crippen LogP contribution in [0.2, 0.25) is 0 Å². The third kappa shape index (κ3) is 3.33. The number of ether oxygens (including phenoxy) is 2. The molecule has 0 bridgehead atoms. The molecule has 0 aromatic rings. The number of allylic oxidation sites excluding steroid dienone is 1. The van der Waals surface area contributed by atoms with Gasteiger partial charge in [0.25, 0.3) is 0 Å². The van der Waals surface area contributed by atoms with Gasteiger partial charge in [0, 0.05) is 24.7 Å². The van der Waals surface area contributed by atoms with Crippen molar-refractivity contribution in [2.45, 2.75) is 97.7 Å². The Labute approximate surface area is 179 Å². The van der Waals surface area contributed by atoms with Gasteiger partial charge in [-0.15, -0.1) is 0 Å². The highest BCUT2D eigenvalue weighted by Crippen LogP contribution is 2.66. The van der Waals surface area contributed by atoms with Gasteiger partial charge in [-0.3, -0.25) is 14.4 Å². The minimum Gasteiger partial charge on any atom is -0.458 e. The second-order valence-corrected chi connectivity index (χ2v) is 10.4. The van der Waals surface area contributed by atoms with Crippen molar-refractivity contribution in [1.82, 2.24) is 0 Å². The van der Waals surface area contributed by atoms with Crippen LogP contribution in [-0.2, 0) is 23.9 Å². The first-order valence-corrected chi connectivity index (χ1v) is 11.9. The first-order valence-electron chi connectivity index (χ1n) is 11.9. The highest BCUT2D eigenvalue weighted by molar-refractivity contribution is 5.91. The van der Waals surface area contributed by atoms with E-state index in [1.165, 1.54) is 5.57 Å². The molecule has 0 aromatic heterocycles. The lowest BCUT2D eigenvalue weighted by molar-refractivity contribution is -0.175. The third-order valence-corrected chi connectivity index (χ3v) is 8.99. The zero-order chi connectivity index (χ0) is 21.7. The predicted octanol–water partition coefficient (Wildman–Crippen LogP) is 4.77. The Bertz CT molecular complexity index is 770. The van der Waals surface area contributed by atoms with Gasteiger partial charge in [-0.25, -0.2) is 0 Å². The molecular formula is C25H36O5. The summed E-state index contributed by atoms with van der Waals surface area (Å²) in [7, 11) is 0. The number of rotatable bonds is 4. The maximum Gasteiger partial charge on any atom is 0.305 e. The first kappa shape index (κ1) is 21.6. The van der Waals surface area contributed by atoms with Crippen molar-refractivity contribution < 1.29 is 23.9 Å². The average molecular weight is 417 g/mol. The monoisotopic (exact) mass is 416 g/mol. The van der Waals surface area contributed by atoms with E-state index in [1.807, 2.05) is 6.08 Å². The molecule has 4 aliphatic rings. The molecule has 5 heteroatoms. The molecule has 7 atom stereocenters. The third-order valence-electron chi connectivity index (χ3n) is 8.99. The fraction of sp³-hybridized carbons (Fsp3) is 0.800. The Hall–Kier alpha value is -1.65. The molecule has 3 saturated carbocycles. The van der Waals surface area contributed by atoms with Crippen molar-refractivity contribution in [3.05, 3.63) is 11.6 Å². The second kappa shape index (κ2) is 7.80. The Morgan fingerprint density at radius 2 is 1.70 bits per heavy atom. The summed E-state index contributed by atoms with van der Waals surface area (Å²) < 4.78 is 11.8. The van der Waals surface area contributed by atoms with E-state index in [0.717, 1.165) is 38.5 Å². The summed E-state index contributed by atoms with van der Waals surface area (Å²) in [5, 5.41) is 0. The summed E-state index contributed by atoms with van der Waals surface area (Å²) in [5.41, 5.74) is 1.29. The van der Waals surface area contributed by atoms with Gasteiger partial charge in [-0.2, -0.15) is 0 Å². The normalized spacial score (nSPS) is 42.5. The maximum absolute atomic E-state index is 12.2. The van der Waals surface area contributed by atoms with Gasteiger partial charge in [0.2, 0.25) is 0 Å². The van der Waals surface area contributed by atoms with Crippen LogP contribution in [0.25, 0.3) is 0 Å². The summed E-state index contributed by atoms with van der Waals surface area (Å²) in [5.74, 6) is 1.28. The Kier molecular flexibility index (Phi) is 5.61. The highest BCUT2D eigenvalue weighted by atomic mass is 16.6. The number of ketones is 1. The molecule has 0 N–H and O–H groups in total. The predicted molar refractivity (Wildman–Crippen MR) is 112 cm³/mol. The van der Waals surface area contributed by atoms with E-state index < -0.39 is 0 Å². The van der Waals surface area contributed by atoms with E-state index in [0.29, 0.717) is 37.0 Å². The van der Waals surface area contributed by atoms with Crippen molar-refractivity contribution in [1.29, 1.82) is 0 Å². The number of fused-ring (bicyclic) bond motifs is 5. The standard InChI is InChI=1S/C25H36O5/c1-5-21(27)29-20-14-19-17-8-7-15-13-16(26)9-11-24(15,3)18(17)10-12-25(19,4)23(20)30-22(28)6-2/h13,17-20,23H,5-12,14H2,1-4H3/t17-,18+,19+,20+,23-,24+,25+/m1/s1. The zero-order valence-corrected chi connectivity index (χ0v) is 18.9. The van der Waals surface area contributed by atoms with Crippen molar-refractivity contribution in [2.75, 3.05) is 0 Å². The summed E-state index contributed by atoms with van der Waals surface area (Å²) in [6, 6.07) is 0. The van der Waals surface area contributed by atoms with Crippen molar-refractivity contribution >= 4 is 17.7 Å². The van der Waals surface area contributed by atoms with Crippen molar-refractivity contribution in [2.24, 2.45) is 28.6 Å². The molecule has 4 rings (SSSR count). The lowest BCUT2D eigenvalue weighted by Gasteiger charge is -2.57. The number of hydrogen-bond donors (Lipinski definition) is 0. The van der Waals surface area contributed by atoms with Crippen molar-refractivity contribution in [3.63, 3.8) is 0 Å². The van der Waals surface area contributed by atoms with Gasteiger partial charge < -0.3 is 9.47 Å². The smallest absolute Gasteiger partial charge is 0.305 e. The van der Waals surface area contributed by atoms with Gasteiger partial charge in [0.15, 0.2) is 5.78 Å². The molecule has 0 aliphatic heterocycles. The van der Waals surface area contributed by atoms with Crippen LogP contribution in [0.15, 0.2) is 11.6 Å². The lowest BCUT2D eigenvalue weighted by atomic mass is 9.47. The van der Waals surface area contributed by atoms with Gasteiger partial charge in [0.05, 0.1) is 0 Å². The zero-order valence-electron chi connectivity index (χ0n) is 18.9. The number of hydrogen-bond acceptors (Lipinski definition) is 5. The Morgan fingerprint density at radius 3 is 2.40 bits per heavy atom. The molecular weight excluding hydrogens is 380 g/mol. The Morgan fingerprint density at radius 1 is 1.00 bits per heavy atom. The molecule has 0 heterocycles. The van der Waals surface area contributed by atoms with Crippen LogP contribution in [0.4, 0.5) is 0 Å². The number of carbonyl (C=O) groups excluding carboxylic acids is 3. The van der Waals surface area contributed by atoms with E-state index in [9.17, 15) is 14.4 Å². The van der Waals surface area contributed by atoms with Crippen LogP contribution in [0, 0.1) is 28.6 Å². The fourth-order valence-corrected chi connectivity index (χ4v) is 7.30. The van der Waals surface area contributed by atoms with Crippen LogP contribution in [-0.4, -0.2) is 29.9 Å². The topological polar surface area (TPSA) is 69.7 Å². The molecule has 5 nitrogen and oxygen atoms in total. The summed E-state index contributed by atoms with van der Waals surface area (Å²) in [4.78, 5) is 36.4. The highest BCUT2D eigenvalue weighted by Gasteiger charge is 2.63. The summed E-state index contributed by atoms with van der Waals surface area (Å²) in [6.45, 7) is 8.22. The van der Waals surface area contributed by atoms with Crippen LogP contribution >= 0.6 is 0 Å². The van der Waals surface area contributed by atoms with Gasteiger partial charge in [0.1, 0.15) is 12.2 Å². The Balaban J connectivity index is 1.64. The second-order valence-electron chi connectivity index (χ2n) is 10.4. The molecule has 0 aromatic carbocycles. The molecule has 0 radical (unpaired) electrons. The van der Waals surface area contributed by atoms with Crippen LogP contribution in [0.1, 0.15) is 85.5 Å². The van der Waals surface area contributed by atoms with E-state index in [2.05, 4.69) is 13.8 Å². The van der Waals surface area contributed by atoms with E-state index >= 15 is 0 Å². The van der Waals surface area contributed by atoms with Crippen LogP contribution in [0.3, 0.4) is 0 Å². The van der Waals surface area contributed by atoms with E-state index in [1.54, 1.807) is 13.8 Å².